The second-order valence-electron chi connectivity index (χ2n) is 13.6. The number of aryl methyl sites for hydroxylation is 1. The van der Waals surface area contributed by atoms with E-state index in [2.05, 4.69) is 78.1 Å². The van der Waals surface area contributed by atoms with Gasteiger partial charge in [-0.05, 0) is 110 Å². The maximum absolute atomic E-state index is 13.4. The van der Waals surface area contributed by atoms with Crippen LogP contribution in [0.4, 0.5) is 4.39 Å². The highest BCUT2D eigenvalue weighted by Gasteiger charge is 2.39. The third-order valence-corrected chi connectivity index (χ3v) is 10.6. The summed E-state index contributed by atoms with van der Waals surface area (Å²) < 4.78 is 24.8. The average Bonchev–Trinajstić information content (AvgIpc) is 3.14. The van der Waals surface area contributed by atoms with Crippen LogP contribution < -0.4 is 20.5 Å². The van der Waals surface area contributed by atoms with Crippen molar-refractivity contribution in [2.75, 3.05) is 27.3 Å². The van der Waals surface area contributed by atoms with Crippen LogP contribution in [0.3, 0.4) is 0 Å². The Balaban J connectivity index is 1.40. The van der Waals surface area contributed by atoms with Gasteiger partial charge in [-0.1, -0.05) is 85.6 Å². The second kappa shape index (κ2) is 17.6. The fourth-order valence-electron chi connectivity index (χ4n) is 7.97. The number of methoxy groups -OCH3 is 2. The average molecular weight is 665 g/mol. The molecule has 4 aromatic rings. The van der Waals surface area contributed by atoms with E-state index in [4.69, 9.17) is 15.2 Å². The summed E-state index contributed by atoms with van der Waals surface area (Å²) in [6.45, 7) is 1.59. The molecule has 0 saturated carbocycles. The highest BCUT2D eigenvalue weighted by Crippen LogP contribution is 2.46. The van der Waals surface area contributed by atoms with Gasteiger partial charge < -0.3 is 20.5 Å². The van der Waals surface area contributed by atoms with Crippen LogP contribution in [0, 0.1) is 5.82 Å². The Hall–Kier alpha value is -4.00. The molecule has 0 radical (unpaired) electrons. The van der Waals surface area contributed by atoms with Gasteiger partial charge in [0.15, 0.2) is 11.5 Å². The maximum atomic E-state index is 13.4. The van der Waals surface area contributed by atoms with Gasteiger partial charge in [-0.3, -0.25) is 4.79 Å². The first-order chi connectivity index (χ1) is 23.9. The Bertz CT molecular complexity index is 1570. The summed E-state index contributed by atoms with van der Waals surface area (Å²) in [5, 5.41) is 3.99. The highest BCUT2D eigenvalue weighted by molar-refractivity contribution is 5.78. The van der Waals surface area contributed by atoms with Crippen LogP contribution >= 0.6 is 0 Å². The van der Waals surface area contributed by atoms with Gasteiger partial charge in [0.1, 0.15) is 11.6 Å². The molecule has 49 heavy (non-hydrogen) atoms. The van der Waals surface area contributed by atoms with E-state index in [9.17, 15) is 9.18 Å². The molecular formula is C43H53FN2O3. The maximum Gasteiger partial charge on any atom is 0.161 e. The third-order valence-electron chi connectivity index (χ3n) is 10.6. The summed E-state index contributed by atoms with van der Waals surface area (Å²) in [5.41, 5.74) is 11.7. The summed E-state index contributed by atoms with van der Waals surface area (Å²) in [7, 11) is 3.41. The minimum absolute atomic E-state index is 0.197. The van der Waals surface area contributed by atoms with Gasteiger partial charge in [-0.2, -0.15) is 0 Å². The molecular weight excluding hydrogens is 611 g/mol. The standard InChI is InChI=1S/C43H53FN2O3/c1-48-40-31-34-24-30-46-43(27-9-10-29-45,39(34)32-41(40)49-2)28-12-26-42(35-13-5-3-6-14-35,36-15-7-4-8-16-36)25-11-17-38(47)23-20-33-18-21-37(44)22-19-33/h3-8,13-16,18-19,21-22,31-32,46H,9-12,17,20,23-30,45H2,1-2H3. The first kappa shape index (κ1) is 36.3. The first-order valence-corrected chi connectivity index (χ1v) is 18.0. The number of Topliss-reactive ketones (excluding diaryl/α,β-unsaturated/α-hetero) is 1. The van der Waals surface area contributed by atoms with Crippen molar-refractivity contribution in [2.24, 2.45) is 5.73 Å². The van der Waals surface area contributed by atoms with Crippen molar-refractivity contribution in [2.45, 2.75) is 88.0 Å². The number of ketones is 1. The van der Waals surface area contributed by atoms with E-state index in [1.165, 1.54) is 34.4 Å². The molecule has 3 N–H and O–H groups in total. The van der Waals surface area contributed by atoms with Crippen molar-refractivity contribution in [3.8, 4) is 11.5 Å². The van der Waals surface area contributed by atoms with Crippen LogP contribution in [-0.4, -0.2) is 33.1 Å². The van der Waals surface area contributed by atoms with Gasteiger partial charge >= 0.3 is 0 Å². The molecule has 0 aliphatic carbocycles. The quantitative estimate of drug-likeness (QED) is 0.0981. The van der Waals surface area contributed by atoms with Gasteiger partial charge in [0.2, 0.25) is 0 Å². The molecule has 6 heteroatoms. The van der Waals surface area contributed by atoms with Crippen LogP contribution in [0.15, 0.2) is 97.1 Å². The zero-order valence-corrected chi connectivity index (χ0v) is 29.3. The third kappa shape index (κ3) is 8.97. The molecule has 1 aliphatic heterocycles. The zero-order valence-electron chi connectivity index (χ0n) is 29.3. The molecule has 0 amide bonds. The Morgan fingerprint density at radius 2 is 1.41 bits per heavy atom. The molecule has 1 atom stereocenters. The number of unbranched alkanes of at least 4 members (excludes halogenated alkanes) is 1. The molecule has 5 nitrogen and oxygen atoms in total. The minimum Gasteiger partial charge on any atom is -0.493 e. The Morgan fingerprint density at radius 3 is 2.04 bits per heavy atom. The molecule has 0 aromatic heterocycles. The normalized spacial score (nSPS) is 15.8. The van der Waals surface area contributed by atoms with Gasteiger partial charge in [0.05, 0.1) is 14.2 Å². The minimum atomic E-state index is -0.252. The number of carbonyl (C=O) groups is 1. The van der Waals surface area contributed by atoms with Crippen molar-refractivity contribution in [3.05, 3.63) is 131 Å². The molecule has 0 saturated heterocycles. The van der Waals surface area contributed by atoms with E-state index >= 15 is 0 Å². The van der Waals surface area contributed by atoms with Gasteiger partial charge in [-0.25, -0.2) is 4.39 Å². The highest BCUT2D eigenvalue weighted by atomic mass is 19.1. The second-order valence-corrected chi connectivity index (χ2v) is 13.6. The molecule has 0 spiro atoms. The molecule has 1 unspecified atom stereocenters. The number of rotatable bonds is 19. The number of carbonyl (C=O) groups excluding carboxylic acids is 1. The van der Waals surface area contributed by atoms with Crippen molar-refractivity contribution in [1.82, 2.24) is 5.32 Å². The number of benzene rings is 4. The molecule has 1 aliphatic rings. The smallest absolute Gasteiger partial charge is 0.161 e. The zero-order chi connectivity index (χ0) is 34.5. The van der Waals surface area contributed by atoms with Crippen molar-refractivity contribution in [1.29, 1.82) is 0 Å². The lowest BCUT2D eigenvalue weighted by Gasteiger charge is -2.43. The van der Waals surface area contributed by atoms with E-state index in [-0.39, 0.29) is 22.6 Å². The van der Waals surface area contributed by atoms with Crippen LogP contribution in [-0.2, 0) is 28.6 Å². The fourth-order valence-corrected chi connectivity index (χ4v) is 7.97. The summed E-state index contributed by atoms with van der Waals surface area (Å²) in [5.74, 6) is 1.54. The molecule has 5 rings (SSSR count). The number of ether oxygens (including phenoxy) is 2. The lowest BCUT2D eigenvalue weighted by Crippen LogP contribution is -2.47. The van der Waals surface area contributed by atoms with Crippen LogP contribution in [0.2, 0.25) is 0 Å². The predicted octanol–water partition coefficient (Wildman–Crippen LogP) is 8.84. The summed E-state index contributed by atoms with van der Waals surface area (Å²) in [6, 6.07) is 32.5. The number of fused-ring (bicyclic) bond motifs is 1. The van der Waals surface area contributed by atoms with E-state index < -0.39 is 0 Å². The number of hydrogen-bond acceptors (Lipinski definition) is 5. The van der Waals surface area contributed by atoms with E-state index in [1.807, 2.05) is 0 Å². The monoisotopic (exact) mass is 664 g/mol. The van der Waals surface area contributed by atoms with Crippen molar-refractivity contribution >= 4 is 5.78 Å². The van der Waals surface area contributed by atoms with Crippen molar-refractivity contribution in [3.63, 3.8) is 0 Å². The van der Waals surface area contributed by atoms with Crippen LogP contribution in [0.1, 0.15) is 92.0 Å². The first-order valence-electron chi connectivity index (χ1n) is 18.0. The fraction of sp³-hybridized carbons (Fsp3) is 0.419. The SMILES string of the molecule is COc1cc2c(cc1OC)C(CCCCN)(CCCC(CCCC(=O)CCc1ccc(F)cc1)(c1ccccc1)c1ccccc1)NCC2. The number of nitrogens with two attached hydrogens (primary N) is 1. The molecule has 0 fully saturated rings. The largest absolute Gasteiger partial charge is 0.493 e. The van der Waals surface area contributed by atoms with E-state index in [0.29, 0.717) is 25.8 Å². The lowest BCUT2D eigenvalue weighted by molar-refractivity contribution is -0.119. The topological polar surface area (TPSA) is 73.6 Å². The summed E-state index contributed by atoms with van der Waals surface area (Å²) in [6.07, 6.45) is 10.2. The van der Waals surface area contributed by atoms with Gasteiger partial charge in [0, 0.05) is 30.3 Å². The summed E-state index contributed by atoms with van der Waals surface area (Å²) in [4.78, 5) is 13.1. The van der Waals surface area contributed by atoms with Crippen molar-refractivity contribution < 1.29 is 18.7 Å². The molecule has 260 valence electrons. The van der Waals surface area contributed by atoms with Gasteiger partial charge in [-0.15, -0.1) is 0 Å². The Morgan fingerprint density at radius 1 is 0.796 bits per heavy atom. The number of hydrogen-bond donors (Lipinski definition) is 2. The molecule has 1 heterocycles. The van der Waals surface area contributed by atoms with Gasteiger partial charge in [0.25, 0.3) is 0 Å². The van der Waals surface area contributed by atoms with E-state index in [0.717, 1.165) is 81.4 Å². The number of nitrogens with one attached hydrogen (secondary N) is 1. The molecule has 0 bridgehead atoms. The number of halogens is 1. The Kier molecular flexibility index (Phi) is 13.0. The van der Waals surface area contributed by atoms with Crippen LogP contribution in [0.25, 0.3) is 0 Å². The molecule has 4 aromatic carbocycles. The predicted molar refractivity (Wildman–Crippen MR) is 197 cm³/mol. The summed E-state index contributed by atoms with van der Waals surface area (Å²) >= 11 is 0. The van der Waals surface area contributed by atoms with E-state index in [1.54, 1.807) is 26.4 Å². The lowest BCUT2D eigenvalue weighted by atomic mass is 9.66. The Labute approximate surface area is 292 Å². The van der Waals surface area contributed by atoms with Crippen LogP contribution in [0.5, 0.6) is 11.5 Å².